The number of aryl methyl sites for hydroxylation is 2. The molecule has 0 amide bonds. The molecule has 2 aromatic rings. The highest BCUT2D eigenvalue weighted by atomic mass is 35.5. The van der Waals surface area contributed by atoms with Crippen molar-refractivity contribution in [2.45, 2.75) is 13.8 Å². The first-order valence-electron chi connectivity index (χ1n) is 6.28. The average Bonchev–Trinajstić information content (AvgIpc) is 2.37. The van der Waals surface area contributed by atoms with Gasteiger partial charge < -0.3 is 9.80 Å². The molecule has 0 unspecified atom stereocenters. The Balaban J connectivity index is 2.44. The first-order valence-corrected chi connectivity index (χ1v) is 6.66. The normalized spacial score (nSPS) is 10.5. The van der Waals surface area contributed by atoms with Crippen molar-refractivity contribution in [3.05, 3.63) is 34.6 Å². The van der Waals surface area contributed by atoms with Crippen LogP contribution in [0.5, 0.6) is 0 Å². The van der Waals surface area contributed by atoms with E-state index < -0.39 is 0 Å². The Morgan fingerprint density at radius 2 is 1.60 bits per heavy atom. The molecule has 0 aliphatic rings. The van der Waals surface area contributed by atoms with Gasteiger partial charge >= 0.3 is 0 Å². The molecule has 20 heavy (non-hydrogen) atoms. The highest BCUT2D eigenvalue weighted by molar-refractivity contribution is 6.28. The van der Waals surface area contributed by atoms with Crippen molar-refractivity contribution in [3.8, 4) is 0 Å². The Labute approximate surface area is 124 Å². The fourth-order valence-corrected chi connectivity index (χ4v) is 2.12. The number of aromatic nitrogens is 3. The van der Waals surface area contributed by atoms with Crippen LogP contribution < -0.4 is 9.80 Å². The lowest BCUT2D eigenvalue weighted by Gasteiger charge is -2.21. The minimum Gasteiger partial charge on any atom is -0.347 e. The molecule has 1 aromatic heterocycles. The molecule has 0 saturated carbocycles. The molecule has 5 nitrogen and oxygen atoms in total. The van der Waals surface area contributed by atoms with Gasteiger partial charge in [-0.25, -0.2) is 0 Å². The highest BCUT2D eigenvalue weighted by Gasteiger charge is 2.13. The van der Waals surface area contributed by atoms with Gasteiger partial charge in [-0.2, -0.15) is 15.0 Å². The first kappa shape index (κ1) is 14.5. The molecule has 0 N–H and O–H groups in total. The largest absolute Gasteiger partial charge is 0.347 e. The lowest BCUT2D eigenvalue weighted by atomic mass is 10.1. The van der Waals surface area contributed by atoms with E-state index in [0.717, 1.165) is 11.3 Å². The predicted molar refractivity (Wildman–Crippen MR) is 83.1 cm³/mol. The van der Waals surface area contributed by atoms with Crippen molar-refractivity contribution >= 4 is 29.2 Å². The topological polar surface area (TPSA) is 45.2 Å². The summed E-state index contributed by atoms with van der Waals surface area (Å²) in [5, 5.41) is 0.190. The smallest absolute Gasteiger partial charge is 0.235 e. The summed E-state index contributed by atoms with van der Waals surface area (Å²) in [6.07, 6.45) is 0. The van der Waals surface area contributed by atoms with Crippen molar-refractivity contribution in [2.75, 3.05) is 30.9 Å². The monoisotopic (exact) mass is 291 g/mol. The lowest BCUT2D eigenvalue weighted by molar-refractivity contribution is 0.929. The third kappa shape index (κ3) is 2.99. The molecule has 1 heterocycles. The molecule has 2 rings (SSSR count). The Morgan fingerprint density at radius 3 is 2.20 bits per heavy atom. The van der Waals surface area contributed by atoms with Crippen molar-refractivity contribution in [1.29, 1.82) is 0 Å². The maximum atomic E-state index is 5.98. The summed E-state index contributed by atoms with van der Waals surface area (Å²) in [5.41, 5.74) is 3.43. The maximum absolute atomic E-state index is 5.98. The standard InChI is InChI=1S/C14H18ClN5/c1-9-6-7-11(10(2)8-9)20(5)14-17-12(15)16-13(18-14)19(3)4/h6-8H,1-5H3. The van der Waals surface area contributed by atoms with Gasteiger partial charge in [-0.3, -0.25) is 0 Å². The van der Waals surface area contributed by atoms with Gasteiger partial charge in [0.15, 0.2) is 0 Å². The van der Waals surface area contributed by atoms with Crippen LogP contribution >= 0.6 is 11.6 Å². The summed E-state index contributed by atoms with van der Waals surface area (Å²) in [4.78, 5) is 16.4. The summed E-state index contributed by atoms with van der Waals surface area (Å²) >= 11 is 5.98. The molecule has 106 valence electrons. The predicted octanol–water partition coefficient (Wildman–Crippen LogP) is 2.98. The second-order valence-corrected chi connectivity index (χ2v) is 5.29. The van der Waals surface area contributed by atoms with Gasteiger partial charge in [-0.15, -0.1) is 0 Å². The number of rotatable bonds is 3. The van der Waals surface area contributed by atoms with Crippen molar-refractivity contribution in [1.82, 2.24) is 15.0 Å². The van der Waals surface area contributed by atoms with E-state index in [-0.39, 0.29) is 5.28 Å². The van der Waals surface area contributed by atoms with E-state index in [1.807, 2.05) is 26.0 Å². The van der Waals surface area contributed by atoms with Crippen molar-refractivity contribution in [2.24, 2.45) is 0 Å². The van der Waals surface area contributed by atoms with Crippen LogP contribution in [-0.2, 0) is 0 Å². The van der Waals surface area contributed by atoms with Crippen molar-refractivity contribution < 1.29 is 0 Å². The summed E-state index contributed by atoms with van der Waals surface area (Å²) in [6.45, 7) is 4.13. The Bertz CT molecular complexity index is 627. The van der Waals surface area contributed by atoms with Gasteiger partial charge in [0.25, 0.3) is 0 Å². The summed E-state index contributed by atoms with van der Waals surface area (Å²) in [7, 11) is 5.65. The average molecular weight is 292 g/mol. The van der Waals surface area contributed by atoms with E-state index in [1.54, 1.807) is 4.90 Å². The van der Waals surface area contributed by atoms with Crippen LogP contribution in [0.15, 0.2) is 18.2 Å². The van der Waals surface area contributed by atoms with E-state index in [4.69, 9.17) is 11.6 Å². The molecule has 0 bridgehead atoms. The molecule has 0 fully saturated rings. The first-order chi connectivity index (χ1) is 9.38. The van der Waals surface area contributed by atoms with Crippen LogP contribution in [0, 0.1) is 13.8 Å². The van der Waals surface area contributed by atoms with Crippen LogP contribution in [0.3, 0.4) is 0 Å². The van der Waals surface area contributed by atoms with Gasteiger partial charge in [0.2, 0.25) is 17.2 Å². The molecule has 0 aliphatic carbocycles. The Kier molecular flexibility index (Phi) is 4.09. The Hall–Kier alpha value is -1.88. The fourth-order valence-electron chi connectivity index (χ4n) is 1.97. The number of hydrogen-bond donors (Lipinski definition) is 0. The zero-order valence-electron chi connectivity index (χ0n) is 12.3. The molecular weight excluding hydrogens is 274 g/mol. The summed E-state index contributed by atoms with van der Waals surface area (Å²) in [6, 6.07) is 6.24. The van der Waals surface area contributed by atoms with Gasteiger partial charge in [0.05, 0.1) is 0 Å². The van der Waals surface area contributed by atoms with Gasteiger partial charge in [0.1, 0.15) is 0 Å². The molecular formula is C14H18ClN5. The summed E-state index contributed by atoms with van der Waals surface area (Å²) in [5.74, 6) is 1.07. The molecule has 0 aliphatic heterocycles. The second kappa shape index (κ2) is 5.63. The number of anilines is 3. The molecule has 0 atom stereocenters. The SMILES string of the molecule is Cc1ccc(N(C)c2nc(Cl)nc(N(C)C)n2)c(C)c1. The van der Waals surface area contributed by atoms with Crippen LogP contribution in [-0.4, -0.2) is 36.1 Å². The van der Waals surface area contributed by atoms with Gasteiger partial charge in [0, 0.05) is 26.8 Å². The minimum atomic E-state index is 0.190. The van der Waals surface area contributed by atoms with E-state index in [9.17, 15) is 0 Å². The maximum Gasteiger partial charge on any atom is 0.235 e. The number of benzene rings is 1. The van der Waals surface area contributed by atoms with Crippen LogP contribution in [0.25, 0.3) is 0 Å². The molecule has 6 heteroatoms. The van der Waals surface area contributed by atoms with Gasteiger partial charge in [-0.05, 0) is 37.1 Å². The molecule has 0 saturated heterocycles. The minimum absolute atomic E-state index is 0.190. The van der Waals surface area contributed by atoms with E-state index >= 15 is 0 Å². The third-order valence-corrected chi connectivity index (χ3v) is 3.17. The Morgan fingerprint density at radius 1 is 0.950 bits per heavy atom. The summed E-state index contributed by atoms with van der Waals surface area (Å²) < 4.78 is 0. The highest BCUT2D eigenvalue weighted by Crippen LogP contribution is 2.26. The van der Waals surface area contributed by atoms with E-state index in [1.165, 1.54) is 5.56 Å². The third-order valence-electron chi connectivity index (χ3n) is 3.00. The second-order valence-electron chi connectivity index (χ2n) is 4.95. The lowest BCUT2D eigenvalue weighted by Crippen LogP contribution is -2.19. The number of nitrogens with zero attached hydrogens (tertiary/aromatic N) is 5. The van der Waals surface area contributed by atoms with Crippen molar-refractivity contribution in [3.63, 3.8) is 0 Å². The zero-order valence-corrected chi connectivity index (χ0v) is 13.1. The van der Waals surface area contributed by atoms with Gasteiger partial charge in [-0.1, -0.05) is 17.7 Å². The van der Waals surface area contributed by atoms with E-state index in [2.05, 4.69) is 47.0 Å². The van der Waals surface area contributed by atoms with Crippen LogP contribution in [0.1, 0.15) is 11.1 Å². The molecule has 1 aromatic carbocycles. The number of halogens is 1. The molecule has 0 radical (unpaired) electrons. The van der Waals surface area contributed by atoms with E-state index in [0.29, 0.717) is 11.9 Å². The molecule has 0 spiro atoms. The van der Waals surface area contributed by atoms with Crippen LogP contribution in [0.2, 0.25) is 5.28 Å². The number of hydrogen-bond acceptors (Lipinski definition) is 5. The van der Waals surface area contributed by atoms with Crippen LogP contribution in [0.4, 0.5) is 17.6 Å². The fraction of sp³-hybridized carbons (Fsp3) is 0.357. The zero-order chi connectivity index (χ0) is 14.9. The quantitative estimate of drug-likeness (QED) is 0.870.